The van der Waals surface area contributed by atoms with Crippen LogP contribution in [-0.2, 0) is 4.79 Å². The van der Waals surface area contributed by atoms with Crippen LogP contribution in [0, 0.1) is 0 Å². The molecule has 0 saturated heterocycles. The first-order valence-corrected chi connectivity index (χ1v) is 6.25. The fraction of sp³-hybridized carbons (Fsp3) is 0.429. The molecule has 5 nitrogen and oxygen atoms in total. The summed E-state index contributed by atoms with van der Waals surface area (Å²) in [6.45, 7) is 4.09. The molecule has 1 aromatic carbocycles. The lowest BCUT2D eigenvalue weighted by Crippen LogP contribution is -2.34. The van der Waals surface area contributed by atoms with Gasteiger partial charge in [0.2, 0.25) is 5.91 Å². The van der Waals surface area contributed by atoms with E-state index in [1.807, 2.05) is 13.8 Å². The van der Waals surface area contributed by atoms with E-state index >= 15 is 0 Å². The van der Waals surface area contributed by atoms with Crippen LogP contribution in [0.15, 0.2) is 24.3 Å². The summed E-state index contributed by atoms with van der Waals surface area (Å²) in [4.78, 5) is 23.3. The Bertz CT molecular complexity index is 444. The molecule has 2 amide bonds. The molecule has 1 rings (SSSR count). The highest BCUT2D eigenvalue weighted by Crippen LogP contribution is 2.16. The van der Waals surface area contributed by atoms with E-state index in [4.69, 9.17) is 4.74 Å². The molecule has 0 fully saturated rings. The van der Waals surface area contributed by atoms with Crippen LogP contribution in [0.3, 0.4) is 0 Å². The summed E-state index contributed by atoms with van der Waals surface area (Å²) in [6, 6.07) is 7.08. The molecule has 0 aromatic heterocycles. The van der Waals surface area contributed by atoms with E-state index in [0.29, 0.717) is 17.9 Å². The fourth-order valence-electron chi connectivity index (χ4n) is 1.61. The van der Waals surface area contributed by atoms with Crippen molar-refractivity contribution in [1.82, 2.24) is 10.6 Å². The van der Waals surface area contributed by atoms with Crippen molar-refractivity contribution in [2.75, 3.05) is 13.7 Å². The Kier molecular flexibility index (Phi) is 5.85. The Morgan fingerprint density at radius 2 is 1.95 bits per heavy atom. The SMILES string of the molecule is COc1ccccc1C(=O)NCCC(=O)NC(C)C. The summed E-state index contributed by atoms with van der Waals surface area (Å²) < 4.78 is 5.11. The zero-order valence-electron chi connectivity index (χ0n) is 11.5. The van der Waals surface area contributed by atoms with Crippen molar-refractivity contribution < 1.29 is 14.3 Å². The maximum absolute atomic E-state index is 11.9. The first kappa shape index (κ1) is 15.0. The van der Waals surface area contributed by atoms with Crippen LogP contribution in [0.5, 0.6) is 5.75 Å². The average molecular weight is 264 g/mol. The molecule has 0 saturated carbocycles. The van der Waals surface area contributed by atoms with Gasteiger partial charge in [-0.1, -0.05) is 12.1 Å². The Labute approximate surface area is 113 Å². The number of para-hydroxylation sites is 1. The Balaban J connectivity index is 2.45. The molecule has 104 valence electrons. The third-order valence-electron chi connectivity index (χ3n) is 2.44. The standard InChI is InChI=1S/C14H20N2O3/c1-10(2)16-13(17)8-9-15-14(18)11-6-4-5-7-12(11)19-3/h4-7,10H,8-9H2,1-3H3,(H,15,18)(H,16,17). The molecule has 0 aliphatic heterocycles. The number of benzene rings is 1. The van der Waals surface area contributed by atoms with Crippen LogP contribution in [0.1, 0.15) is 30.6 Å². The highest BCUT2D eigenvalue weighted by atomic mass is 16.5. The fourth-order valence-corrected chi connectivity index (χ4v) is 1.61. The number of rotatable bonds is 6. The van der Waals surface area contributed by atoms with Crippen molar-refractivity contribution in [1.29, 1.82) is 0 Å². The van der Waals surface area contributed by atoms with Crippen molar-refractivity contribution >= 4 is 11.8 Å². The van der Waals surface area contributed by atoms with Crippen LogP contribution in [0.2, 0.25) is 0 Å². The molecule has 5 heteroatoms. The normalized spacial score (nSPS) is 10.1. The van der Waals surface area contributed by atoms with Crippen LogP contribution >= 0.6 is 0 Å². The number of hydrogen-bond donors (Lipinski definition) is 2. The van der Waals surface area contributed by atoms with E-state index in [0.717, 1.165) is 0 Å². The number of methoxy groups -OCH3 is 1. The van der Waals surface area contributed by atoms with Gasteiger partial charge in [0.05, 0.1) is 12.7 Å². The van der Waals surface area contributed by atoms with Gasteiger partial charge in [-0.2, -0.15) is 0 Å². The Hall–Kier alpha value is -2.04. The molecule has 0 spiro atoms. The molecular weight excluding hydrogens is 244 g/mol. The van der Waals surface area contributed by atoms with Gasteiger partial charge in [-0.3, -0.25) is 9.59 Å². The minimum atomic E-state index is -0.241. The van der Waals surface area contributed by atoms with E-state index in [1.165, 1.54) is 7.11 Å². The zero-order chi connectivity index (χ0) is 14.3. The third kappa shape index (κ3) is 4.99. The van der Waals surface area contributed by atoms with E-state index in [9.17, 15) is 9.59 Å². The summed E-state index contributed by atoms with van der Waals surface area (Å²) >= 11 is 0. The number of nitrogens with one attached hydrogen (secondary N) is 2. The molecule has 0 aliphatic rings. The largest absolute Gasteiger partial charge is 0.496 e. The Morgan fingerprint density at radius 1 is 1.26 bits per heavy atom. The molecule has 0 radical (unpaired) electrons. The highest BCUT2D eigenvalue weighted by molar-refractivity contribution is 5.97. The van der Waals surface area contributed by atoms with Gasteiger partial charge in [0, 0.05) is 19.0 Å². The average Bonchev–Trinajstić information content (AvgIpc) is 2.37. The van der Waals surface area contributed by atoms with Gasteiger partial charge in [-0.05, 0) is 26.0 Å². The van der Waals surface area contributed by atoms with Crippen molar-refractivity contribution in [3.05, 3.63) is 29.8 Å². The molecule has 1 aromatic rings. The van der Waals surface area contributed by atoms with Crippen molar-refractivity contribution in [2.24, 2.45) is 0 Å². The predicted octanol–water partition coefficient (Wildman–Crippen LogP) is 1.34. The summed E-state index contributed by atoms with van der Waals surface area (Å²) in [6.07, 6.45) is 0.263. The number of carbonyl (C=O) groups is 2. The van der Waals surface area contributed by atoms with Crippen LogP contribution < -0.4 is 15.4 Å². The predicted molar refractivity (Wildman–Crippen MR) is 73.2 cm³/mol. The number of carbonyl (C=O) groups excluding carboxylic acids is 2. The van der Waals surface area contributed by atoms with E-state index < -0.39 is 0 Å². The topological polar surface area (TPSA) is 67.4 Å². The molecular formula is C14H20N2O3. The first-order chi connectivity index (χ1) is 9.04. The minimum absolute atomic E-state index is 0.0738. The summed E-state index contributed by atoms with van der Waals surface area (Å²) in [5.41, 5.74) is 0.467. The smallest absolute Gasteiger partial charge is 0.255 e. The number of amides is 2. The van der Waals surface area contributed by atoms with Crippen LogP contribution in [0.4, 0.5) is 0 Å². The lowest BCUT2D eigenvalue weighted by molar-refractivity contribution is -0.121. The number of hydrogen-bond acceptors (Lipinski definition) is 3. The maximum Gasteiger partial charge on any atom is 0.255 e. The van der Waals surface area contributed by atoms with Gasteiger partial charge in [0.1, 0.15) is 5.75 Å². The third-order valence-corrected chi connectivity index (χ3v) is 2.44. The quantitative estimate of drug-likeness (QED) is 0.814. The van der Waals surface area contributed by atoms with Crippen molar-refractivity contribution in [3.63, 3.8) is 0 Å². The molecule has 0 bridgehead atoms. The summed E-state index contributed by atoms with van der Waals surface area (Å²) in [5.74, 6) is 0.205. The van der Waals surface area contributed by atoms with Crippen LogP contribution in [0.25, 0.3) is 0 Å². The van der Waals surface area contributed by atoms with Gasteiger partial charge in [0.15, 0.2) is 0 Å². The zero-order valence-corrected chi connectivity index (χ0v) is 11.5. The molecule has 0 heterocycles. The maximum atomic E-state index is 11.9. The second kappa shape index (κ2) is 7.41. The lowest BCUT2D eigenvalue weighted by Gasteiger charge is -2.10. The van der Waals surface area contributed by atoms with E-state index in [-0.39, 0.29) is 24.3 Å². The molecule has 19 heavy (non-hydrogen) atoms. The highest BCUT2D eigenvalue weighted by Gasteiger charge is 2.11. The molecule has 0 unspecified atom stereocenters. The van der Waals surface area contributed by atoms with Gasteiger partial charge >= 0.3 is 0 Å². The number of ether oxygens (including phenoxy) is 1. The van der Waals surface area contributed by atoms with Gasteiger partial charge in [0.25, 0.3) is 5.91 Å². The summed E-state index contributed by atoms with van der Waals surface area (Å²) in [5, 5.41) is 5.46. The molecule has 2 N–H and O–H groups in total. The second-order valence-corrected chi connectivity index (χ2v) is 4.43. The molecule has 0 aliphatic carbocycles. The minimum Gasteiger partial charge on any atom is -0.496 e. The van der Waals surface area contributed by atoms with Gasteiger partial charge < -0.3 is 15.4 Å². The summed E-state index contributed by atoms with van der Waals surface area (Å²) in [7, 11) is 1.52. The van der Waals surface area contributed by atoms with Crippen molar-refractivity contribution in [2.45, 2.75) is 26.3 Å². The van der Waals surface area contributed by atoms with Gasteiger partial charge in [-0.15, -0.1) is 0 Å². The van der Waals surface area contributed by atoms with E-state index in [2.05, 4.69) is 10.6 Å². The van der Waals surface area contributed by atoms with Gasteiger partial charge in [-0.25, -0.2) is 0 Å². The first-order valence-electron chi connectivity index (χ1n) is 6.25. The van der Waals surface area contributed by atoms with E-state index in [1.54, 1.807) is 24.3 Å². The Morgan fingerprint density at radius 3 is 2.58 bits per heavy atom. The molecule has 0 atom stereocenters. The monoisotopic (exact) mass is 264 g/mol. The lowest BCUT2D eigenvalue weighted by atomic mass is 10.2. The second-order valence-electron chi connectivity index (χ2n) is 4.43. The van der Waals surface area contributed by atoms with Crippen LogP contribution in [-0.4, -0.2) is 31.5 Å². The van der Waals surface area contributed by atoms with Crippen molar-refractivity contribution in [3.8, 4) is 5.75 Å².